The maximum Gasteiger partial charge on any atom is 0.161 e. The molecule has 6 heteroatoms. The van der Waals surface area contributed by atoms with E-state index < -0.39 is 0 Å². The number of allylic oxidation sites excluding steroid dienone is 2. The Morgan fingerprint density at radius 3 is 2.27 bits per heavy atom. The van der Waals surface area contributed by atoms with E-state index in [1.54, 1.807) is 6.08 Å². The van der Waals surface area contributed by atoms with Gasteiger partial charge in [0.1, 0.15) is 0 Å². The van der Waals surface area contributed by atoms with Gasteiger partial charge in [-0.3, -0.25) is 4.79 Å². The summed E-state index contributed by atoms with van der Waals surface area (Å²) in [5, 5.41) is 25.9. The monoisotopic (exact) mass is 301 g/mol. The molecule has 1 aliphatic carbocycles. The molecule has 1 aromatic rings. The maximum absolute atomic E-state index is 11.2. The molecule has 0 bridgehead atoms. The van der Waals surface area contributed by atoms with Crippen molar-refractivity contribution in [2.45, 2.75) is 6.42 Å². The Labute approximate surface area is 128 Å². The Bertz CT molecular complexity index is 600. The van der Waals surface area contributed by atoms with Crippen molar-refractivity contribution < 1.29 is 15.0 Å². The smallest absolute Gasteiger partial charge is 0.161 e. The molecular weight excluding hydrogens is 282 g/mol. The van der Waals surface area contributed by atoms with Crippen molar-refractivity contribution in [2.24, 2.45) is 4.99 Å². The van der Waals surface area contributed by atoms with Crippen LogP contribution in [0.2, 0.25) is 0 Å². The molecular formula is C16H19N3O3. The molecule has 2 rings (SSSR count). The zero-order valence-electron chi connectivity index (χ0n) is 12.2. The van der Waals surface area contributed by atoms with E-state index in [-0.39, 0.29) is 31.1 Å². The lowest BCUT2D eigenvalue weighted by Gasteiger charge is -2.22. The van der Waals surface area contributed by atoms with Crippen molar-refractivity contribution >= 4 is 28.6 Å². The van der Waals surface area contributed by atoms with Gasteiger partial charge in [0.05, 0.1) is 36.7 Å². The minimum Gasteiger partial charge on any atom is -0.395 e. The molecule has 0 saturated carbocycles. The van der Waals surface area contributed by atoms with Gasteiger partial charge in [0.15, 0.2) is 5.78 Å². The second-order valence-corrected chi connectivity index (χ2v) is 4.90. The first kappa shape index (κ1) is 16.1. The summed E-state index contributed by atoms with van der Waals surface area (Å²) >= 11 is 0. The molecule has 0 aliphatic heterocycles. The topological polar surface area (TPSA) is 97.0 Å². The average Bonchev–Trinajstić information content (AvgIpc) is 2.51. The molecule has 116 valence electrons. The summed E-state index contributed by atoms with van der Waals surface area (Å²) in [5.41, 5.74) is 2.29. The van der Waals surface area contributed by atoms with E-state index in [1.165, 1.54) is 6.08 Å². The fourth-order valence-corrected chi connectivity index (χ4v) is 2.19. The number of carbonyl (C=O) groups is 1. The van der Waals surface area contributed by atoms with Gasteiger partial charge in [0.25, 0.3) is 0 Å². The fraction of sp³-hybridized carbons (Fsp3) is 0.312. The Morgan fingerprint density at radius 1 is 1.09 bits per heavy atom. The van der Waals surface area contributed by atoms with Gasteiger partial charge in [-0.05, 0) is 36.4 Å². The van der Waals surface area contributed by atoms with Crippen molar-refractivity contribution in [3.8, 4) is 0 Å². The van der Waals surface area contributed by atoms with Crippen LogP contribution in [0.4, 0.5) is 11.4 Å². The van der Waals surface area contributed by atoms with Crippen LogP contribution in [0, 0.1) is 5.41 Å². The van der Waals surface area contributed by atoms with Gasteiger partial charge in [-0.1, -0.05) is 0 Å². The van der Waals surface area contributed by atoms with Gasteiger partial charge < -0.3 is 20.5 Å². The van der Waals surface area contributed by atoms with E-state index in [0.717, 1.165) is 5.69 Å². The molecule has 6 nitrogen and oxygen atoms in total. The molecule has 0 unspecified atom stereocenters. The number of ketones is 1. The third-order valence-electron chi connectivity index (χ3n) is 3.29. The van der Waals surface area contributed by atoms with Gasteiger partial charge in [0.2, 0.25) is 0 Å². The summed E-state index contributed by atoms with van der Waals surface area (Å²) in [6.07, 6.45) is 3.09. The maximum atomic E-state index is 11.2. The number of rotatable bonds is 6. The molecule has 1 aliphatic rings. The number of aliphatic hydroxyl groups excluding tert-OH is 2. The molecule has 22 heavy (non-hydrogen) atoms. The summed E-state index contributed by atoms with van der Waals surface area (Å²) in [7, 11) is 0. The quantitative estimate of drug-likeness (QED) is 0.733. The Morgan fingerprint density at radius 2 is 1.73 bits per heavy atom. The van der Waals surface area contributed by atoms with Crippen molar-refractivity contribution in [1.29, 1.82) is 5.41 Å². The van der Waals surface area contributed by atoms with Crippen LogP contribution in [0.5, 0.6) is 0 Å². The summed E-state index contributed by atoms with van der Waals surface area (Å²) in [6, 6.07) is 7.32. The number of aliphatic imine (C=N–C) groups is 1. The number of hydrogen-bond acceptors (Lipinski definition) is 6. The van der Waals surface area contributed by atoms with Crippen LogP contribution in [0.1, 0.15) is 6.42 Å². The lowest BCUT2D eigenvalue weighted by molar-refractivity contribution is -0.113. The highest BCUT2D eigenvalue weighted by atomic mass is 16.3. The van der Waals surface area contributed by atoms with Crippen molar-refractivity contribution in [1.82, 2.24) is 0 Å². The highest BCUT2D eigenvalue weighted by Gasteiger charge is 2.14. The lowest BCUT2D eigenvalue weighted by atomic mass is 10.0. The second-order valence-electron chi connectivity index (χ2n) is 4.90. The molecule has 0 amide bonds. The number of nitrogens with zero attached hydrogens (tertiary/aromatic N) is 2. The zero-order chi connectivity index (χ0) is 15.9. The number of benzene rings is 1. The molecule has 3 N–H and O–H groups in total. The largest absolute Gasteiger partial charge is 0.395 e. The van der Waals surface area contributed by atoms with Gasteiger partial charge in [-0.25, -0.2) is 4.99 Å². The fourth-order valence-electron chi connectivity index (χ4n) is 2.19. The number of anilines is 1. The standard InChI is InChI=1S/C16H19N3O3/c17-15-11-14(22)5-6-16(15)18-12-1-3-13(4-2-12)19(7-9-20)8-10-21/h1-6,17,20-21H,7-11H2. The first-order chi connectivity index (χ1) is 10.6. The minimum atomic E-state index is -0.0806. The minimum absolute atomic E-state index is 0.0139. The molecule has 0 saturated heterocycles. The number of carbonyl (C=O) groups excluding carboxylic acids is 1. The Kier molecular flexibility index (Phi) is 5.57. The first-order valence-corrected chi connectivity index (χ1v) is 7.08. The van der Waals surface area contributed by atoms with Crippen LogP contribution in [0.25, 0.3) is 0 Å². The first-order valence-electron chi connectivity index (χ1n) is 7.08. The van der Waals surface area contributed by atoms with Gasteiger partial charge in [0, 0.05) is 18.8 Å². The summed E-state index contributed by atoms with van der Waals surface area (Å²) in [4.78, 5) is 17.4. The number of aliphatic hydroxyl groups is 2. The third kappa shape index (κ3) is 4.09. The normalized spacial score (nSPS) is 16.4. The van der Waals surface area contributed by atoms with E-state index in [0.29, 0.717) is 24.5 Å². The highest BCUT2D eigenvalue weighted by Crippen LogP contribution is 2.20. The molecule has 0 fully saturated rings. The predicted molar refractivity (Wildman–Crippen MR) is 86.4 cm³/mol. The van der Waals surface area contributed by atoms with Crippen LogP contribution in [-0.2, 0) is 4.79 Å². The van der Waals surface area contributed by atoms with E-state index in [4.69, 9.17) is 15.6 Å². The van der Waals surface area contributed by atoms with Gasteiger partial charge >= 0.3 is 0 Å². The van der Waals surface area contributed by atoms with E-state index >= 15 is 0 Å². The van der Waals surface area contributed by atoms with Crippen LogP contribution in [-0.4, -0.2) is 53.7 Å². The van der Waals surface area contributed by atoms with E-state index in [1.807, 2.05) is 29.2 Å². The molecule has 0 radical (unpaired) electrons. The lowest BCUT2D eigenvalue weighted by Crippen LogP contribution is -2.29. The van der Waals surface area contributed by atoms with Crippen molar-refractivity contribution in [3.63, 3.8) is 0 Å². The molecule has 0 heterocycles. The Balaban J connectivity index is 2.16. The van der Waals surface area contributed by atoms with Crippen LogP contribution >= 0.6 is 0 Å². The highest BCUT2D eigenvalue weighted by molar-refractivity contribution is 6.50. The van der Waals surface area contributed by atoms with Crippen LogP contribution in [0.15, 0.2) is 41.4 Å². The molecule has 0 aromatic heterocycles. The number of nitrogens with one attached hydrogen (secondary N) is 1. The van der Waals surface area contributed by atoms with E-state index in [2.05, 4.69) is 4.99 Å². The number of hydrogen-bond donors (Lipinski definition) is 3. The predicted octanol–water partition coefficient (Wildman–Crippen LogP) is 1.10. The van der Waals surface area contributed by atoms with Crippen molar-refractivity contribution in [3.05, 3.63) is 36.4 Å². The molecule has 0 atom stereocenters. The molecule has 0 spiro atoms. The Hall–Kier alpha value is -2.31. The van der Waals surface area contributed by atoms with Crippen LogP contribution < -0.4 is 4.90 Å². The summed E-state index contributed by atoms with van der Waals surface area (Å²) in [6.45, 7) is 0.925. The zero-order valence-corrected chi connectivity index (χ0v) is 12.2. The van der Waals surface area contributed by atoms with E-state index in [9.17, 15) is 4.79 Å². The van der Waals surface area contributed by atoms with Crippen molar-refractivity contribution in [2.75, 3.05) is 31.2 Å². The van der Waals surface area contributed by atoms with Crippen LogP contribution in [0.3, 0.4) is 0 Å². The second kappa shape index (κ2) is 7.63. The summed E-state index contributed by atoms with van der Waals surface area (Å²) in [5.74, 6) is -0.0806. The van der Waals surface area contributed by atoms with Gasteiger partial charge in [-0.15, -0.1) is 0 Å². The molecule has 1 aromatic carbocycles. The third-order valence-corrected chi connectivity index (χ3v) is 3.29. The summed E-state index contributed by atoms with van der Waals surface area (Å²) < 4.78 is 0. The average molecular weight is 301 g/mol. The SMILES string of the molecule is N=C1CC(=O)C=CC1=Nc1ccc(N(CCO)CCO)cc1. The van der Waals surface area contributed by atoms with Gasteiger partial charge in [-0.2, -0.15) is 0 Å².